The van der Waals surface area contributed by atoms with Crippen molar-refractivity contribution >= 4 is 28.7 Å². The first-order valence-electron chi connectivity index (χ1n) is 10.3. The van der Waals surface area contributed by atoms with Gasteiger partial charge in [0.15, 0.2) is 18.1 Å². The van der Waals surface area contributed by atoms with Crippen LogP contribution in [0.5, 0.6) is 11.5 Å². The van der Waals surface area contributed by atoms with Crippen LogP contribution in [0.4, 0.5) is 13.2 Å². The Balaban J connectivity index is 1.50. The van der Waals surface area contributed by atoms with Gasteiger partial charge in [0.2, 0.25) is 0 Å². The van der Waals surface area contributed by atoms with Gasteiger partial charge in [0.25, 0.3) is 5.91 Å². The van der Waals surface area contributed by atoms with Crippen molar-refractivity contribution in [1.29, 1.82) is 0 Å². The van der Waals surface area contributed by atoms with Gasteiger partial charge in [0, 0.05) is 23.7 Å². The lowest BCUT2D eigenvalue weighted by atomic mass is 9.97. The summed E-state index contributed by atoms with van der Waals surface area (Å²) in [4.78, 5) is 24.8. The molecule has 4 aromatic rings. The average molecular weight is 473 g/mol. The number of aliphatic hydroxyl groups excluding tert-OH is 1. The molecule has 1 amide bonds. The number of carbonyl (C=O) groups excluding carboxylic acids is 2. The molecule has 0 spiro atoms. The summed E-state index contributed by atoms with van der Waals surface area (Å²) in [6.45, 7) is 2.86. The quantitative estimate of drug-likeness (QED) is 0.449. The van der Waals surface area contributed by atoms with Gasteiger partial charge in [-0.25, -0.2) is 4.52 Å². The number of carbonyl (C=O) groups is 2. The monoisotopic (exact) mass is 473 g/mol. The second-order valence-electron chi connectivity index (χ2n) is 8.12. The smallest absolute Gasteiger partial charge is 0.411 e. The standard InChI is InChI=1S/C23H18F3N3O5/c1-11-15(22(32)28-9-17(31)21(28)23(24,25)26)8-29-20(11)18(5-6-27-29)34-13-3-4-14-16(10-30)12(2)33-19(14)7-13/h3-8,10,17,21,31H,9H2,1-2H3. The van der Waals surface area contributed by atoms with Crippen molar-refractivity contribution in [3.63, 3.8) is 0 Å². The Hall–Kier alpha value is -3.86. The third-order valence-electron chi connectivity index (χ3n) is 6.03. The Kier molecular flexibility index (Phi) is 4.90. The summed E-state index contributed by atoms with van der Waals surface area (Å²) in [5, 5.41) is 14.3. The van der Waals surface area contributed by atoms with Gasteiger partial charge in [-0.3, -0.25) is 9.59 Å². The van der Waals surface area contributed by atoms with Crippen LogP contribution < -0.4 is 4.74 Å². The van der Waals surface area contributed by atoms with E-state index in [-0.39, 0.29) is 5.56 Å². The number of hydrogen-bond acceptors (Lipinski definition) is 6. The molecule has 4 heterocycles. The summed E-state index contributed by atoms with van der Waals surface area (Å²) in [5.41, 5.74) is 1.72. The number of nitrogens with zero attached hydrogens (tertiary/aromatic N) is 3. The largest absolute Gasteiger partial charge is 0.460 e. The third-order valence-corrected chi connectivity index (χ3v) is 6.03. The molecule has 1 aliphatic heterocycles. The summed E-state index contributed by atoms with van der Waals surface area (Å²) < 4.78 is 52.7. The lowest BCUT2D eigenvalue weighted by Gasteiger charge is -2.45. The van der Waals surface area contributed by atoms with Crippen LogP contribution in [0.1, 0.15) is 32.0 Å². The van der Waals surface area contributed by atoms with Crippen LogP contribution in [0.3, 0.4) is 0 Å². The number of halogens is 3. The number of aryl methyl sites for hydroxylation is 2. The number of benzene rings is 1. The third kappa shape index (κ3) is 3.31. The number of aromatic nitrogens is 2. The minimum absolute atomic E-state index is 0.0254. The van der Waals surface area contributed by atoms with E-state index in [1.165, 1.54) is 16.9 Å². The molecule has 2 atom stereocenters. The van der Waals surface area contributed by atoms with Gasteiger partial charge >= 0.3 is 6.18 Å². The predicted octanol–water partition coefficient (Wildman–Crippen LogP) is 4.05. The maximum absolute atomic E-state index is 13.2. The topological polar surface area (TPSA) is 97.3 Å². The number of alkyl halides is 3. The number of aliphatic hydroxyl groups is 1. The zero-order valence-electron chi connectivity index (χ0n) is 18.0. The van der Waals surface area contributed by atoms with Gasteiger partial charge in [-0.2, -0.15) is 18.3 Å². The van der Waals surface area contributed by atoms with Gasteiger partial charge in [-0.05, 0) is 31.5 Å². The Labute approximate surface area is 190 Å². The Morgan fingerprint density at radius 2 is 2.06 bits per heavy atom. The van der Waals surface area contributed by atoms with E-state index in [1.807, 2.05) is 0 Å². The maximum Gasteiger partial charge on any atom is 0.411 e. The Bertz CT molecular complexity index is 1460. The minimum Gasteiger partial charge on any atom is -0.460 e. The molecule has 5 rings (SSSR count). The number of furan rings is 1. The van der Waals surface area contributed by atoms with Crippen molar-refractivity contribution in [3.8, 4) is 11.5 Å². The van der Waals surface area contributed by atoms with Crippen molar-refractivity contribution in [3.05, 3.63) is 59.1 Å². The molecule has 176 valence electrons. The van der Waals surface area contributed by atoms with Gasteiger partial charge in [-0.15, -0.1) is 0 Å². The number of rotatable bonds is 4. The van der Waals surface area contributed by atoms with E-state index in [2.05, 4.69) is 5.10 Å². The van der Waals surface area contributed by atoms with Crippen molar-refractivity contribution in [2.75, 3.05) is 6.54 Å². The van der Waals surface area contributed by atoms with E-state index in [4.69, 9.17) is 9.15 Å². The zero-order chi connectivity index (χ0) is 24.4. The van der Waals surface area contributed by atoms with E-state index in [0.717, 1.165) is 6.29 Å². The molecular formula is C23H18F3N3O5. The van der Waals surface area contributed by atoms with Crippen LogP contribution in [-0.4, -0.2) is 56.7 Å². The fourth-order valence-corrected chi connectivity index (χ4v) is 4.32. The summed E-state index contributed by atoms with van der Waals surface area (Å²) in [6, 6.07) is 4.28. The summed E-state index contributed by atoms with van der Waals surface area (Å²) >= 11 is 0. The molecule has 1 aliphatic rings. The Morgan fingerprint density at radius 1 is 1.29 bits per heavy atom. The first-order chi connectivity index (χ1) is 16.1. The molecule has 34 heavy (non-hydrogen) atoms. The highest BCUT2D eigenvalue weighted by Gasteiger charge is 2.57. The first kappa shape index (κ1) is 22.0. The van der Waals surface area contributed by atoms with Crippen LogP contribution in [0.15, 0.2) is 41.1 Å². The average Bonchev–Trinajstić information content (AvgIpc) is 3.26. The second-order valence-corrected chi connectivity index (χ2v) is 8.12. The molecule has 0 aliphatic carbocycles. The molecule has 2 unspecified atom stereocenters. The van der Waals surface area contributed by atoms with Crippen molar-refractivity contribution in [2.45, 2.75) is 32.2 Å². The first-order valence-corrected chi connectivity index (χ1v) is 10.3. The highest BCUT2D eigenvalue weighted by atomic mass is 19.4. The fourth-order valence-electron chi connectivity index (χ4n) is 4.32. The summed E-state index contributed by atoms with van der Waals surface area (Å²) in [5.74, 6) is 0.340. The normalized spacial score (nSPS) is 18.4. The number of β-amino-alcohol motifs (C(OH)–C–C–N with tert-alkyl or cyclic N) is 1. The molecule has 1 aromatic carbocycles. The number of likely N-dealkylation sites (tertiary alicyclic amines) is 1. The van der Waals surface area contributed by atoms with E-state index in [1.54, 1.807) is 38.1 Å². The van der Waals surface area contributed by atoms with E-state index < -0.39 is 30.8 Å². The number of amides is 1. The molecule has 1 fully saturated rings. The lowest BCUT2D eigenvalue weighted by molar-refractivity contribution is -0.234. The number of fused-ring (bicyclic) bond motifs is 2. The maximum atomic E-state index is 13.2. The Morgan fingerprint density at radius 3 is 2.74 bits per heavy atom. The van der Waals surface area contributed by atoms with Crippen LogP contribution in [0, 0.1) is 13.8 Å². The molecule has 11 heteroatoms. The highest BCUT2D eigenvalue weighted by Crippen LogP contribution is 2.37. The second kappa shape index (κ2) is 7.59. The fraction of sp³-hybridized carbons (Fsp3) is 0.261. The van der Waals surface area contributed by atoms with Crippen LogP contribution in [0.2, 0.25) is 0 Å². The lowest BCUT2D eigenvalue weighted by Crippen LogP contribution is -2.68. The van der Waals surface area contributed by atoms with Crippen LogP contribution in [0.25, 0.3) is 16.5 Å². The van der Waals surface area contributed by atoms with Crippen LogP contribution in [-0.2, 0) is 0 Å². The number of ether oxygens (including phenoxy) is 1. The predicted molar refractivity (Wildman–Crippen MR) is 113 cm³/mol. The van der Waals surface area contributed by atoms with Gasteiger partial charge in [-0.1, -0.05) is 0 Å². The molecule has 0 bridgehead atoms. The molecule has 0 radical (unpaired) electrons. The molecule has 1 saturated heterocycles. The molecule has 3 aromatic heterocycles. The number of aldehydes is 1. The van der Waals surface area contributed by atoms with E-state index in [9.17, 15) is 27.9 Å². The van der Waals surface area contributed by atoms with Crippen molar-refractivity contribution in [1.82, 2.24) is 14.5 Å². The zero-order valence-corrected chi connectivity index (χ0v) is 18.0. The van der Waals surface area contributed by atoms with E-state index in [0.29, 0.717) is 49.8 Å². The van der Waals surface area contributed by atoms with Crippen molar-refractivity contribution < 1.29 is 37.0 Å². The van der Waals surface area contributed by atoms with Gasteiger partial charge in [0.1, 0.15) is 28.7 Å². The van der Waals surface area contributed by atoms with Gasteiger partial charge in [0.05, 0.1) is 23.9 Å². The minimum atomic E-state index is -4.74. The highest BCUT2D eigenvalue weighted by molar-refractivity contribution is 5.99. The molecule has 0 saturated carbocycles. The number of hydrogen-bond donors (Lipinski definition) is 1. The SMILES string of the molecule is Cc1oc2cc(Oc3ccnn4cc(C(=O)N5CC(O)C5C(F)(F)F)c(C)c34)ccc2c1C=O. The molecular weight excluding hydrogens is 455 g/mol. The van der Waals surface area contributed by atoms with Gasteiger partial charge < -0.3 is 19.2 Å². The van der Waals surface area contributed by atoms with Crippen molar-refractivity contribution in [2.24, 2.45) is 0 Å². The van der Waals surface area contributed by atoms with E-state index >= 15 is 0 Å². The summed E-state index contributed by atoms with van der Waals surface area (Å²) in [7, 11) is 0. The van der Waals surface area contributed by atoms with Crippen LogP contribution >= 0.6 is 0 Å². The molecule has 1 N–H and O–H groups in total. The molecule has 8 nitrogen and oxygen atoms in total. The summed E-state index contributed by atoms with van der Waals surface area (Å²) in [6.07, 6.45) is -2.90.